The lowest BCUT2D eigenvalue weighted by Crippen LogP contribution is -2.26. The van der Waals surface area contributed by atoms with Crippen LogP contribution < -0.4 is 10.0 Å². The molecule has 0 unspecified atom stereocenters. The van der Waals surface area contributed by atoms with Crippen molar-refractivity contribution in [3.8, 4) is 0 Å². The predicted molar refractivity (Wildman–Crippen MR) is 75.4 cm³/mol. The molecule has 5 nitrogen and oxygen atoms in total. The van der Waals surface area contributed by atoms with Gasteiger partial charge < -0.3 is 5.73 Å². The molecular formula is C13H15N3O2S. The van der Waals surface area contributed by atoms with Crippen molar-refractivity contribution in [2.45, 2.75) is 11.8 Å². The highest BCUT2D eigenvalue weighted by Crippen LogP contribution is 2.22. The van der Waals surface area contributed by atoms with Crippen LogP contribution in [-0.2, 0) is 10.0 Å². The molecule has 0 aliphatic carbocycles. The van der Waals surface area contributed by atoms with Gasteiger partial charge in [-0.15, -0.1) is 0 Å². The van der Waals surface area contributed by atoms with Crippen molar-refractivity contribution < 1.29 is 8.42 Å². The van der Waals surface area contributed by atoms with Gasteiger partial charge in [0, 0.05) is 13.2 Å². The summed E-state index contributed by atoms with van der Waals surface area (Å²) >= 11 is 0. The number of aryl methyl sites for hydroxylation is 1. The summed E-state index contributed by atoms with van der Waals surface area (Å²) in [7, 11) is -2.10. The Morgan fingerprint density at radius 1 is 1.21 bits per heavy atom. The van der Waals surface area contributed by atoms with E-state index < -0.39 is 10.0 Å². The number of nitrogens with two attached hydrogens (primary N) is 1. The third kappa shape index (κ3) is 2.68. The molecule has 1 heterocycles. The van der Waals surface area contributed by atoms with Crippen molar-refractivity contribution in [2.24, 2.45) is 0 Å². The summed E-state index contributed by atoms with van der Waals surface area (Å²) in [6.07, 6.45) is 1.26. The molecule has 6 heteroatoms. The lowest BCUT2D eigenvalue weighted by molar-refractivity contribution is 0.594. The lowest BCUT2D eigenvalue weighted by Gasteiger charge is -2.19. The van der Waals surface area contributed by atoms with E-state index in [-0.39, 0.29) is 10.7 Å². The highest BCUT2D eigenvalue weighted by Gasteiger charge is 2.21. The number of sulfonamides is 1. The van der Waals surface area contributed by atoms with Gasteiger partial charge in [-0.05, 0) is 36.8 Å². The third-order valence-corrected chi connectivity index (χ3v) is 4.55. The van der Waals surface area contributed by atoms with Crippen molar-refractivity contribution in [2.75, 3.05) is 17.1 Å². The molecule has 0 aliphatic rings. The fourth-order valence-corrected chi connectivity index (χ4v) is 2.80. The quantitative estimate of drug-likeness (QED) is 0.928. The Morgan fingerprint density at radius 3 is 2.53 bits per heavy atom. The van der Waals surface area contributed by atoms with Crippen molar-refractivity contribution in [3.63, 3.8) is 0 Å². The van der Waals surface area contributed by atoms with E-state index in [0.29, 0.717) is 5.69 Å². The maximum absolute atomic E-state index is 12.4. The van der Waals surface area contributed by atoms with E-state index in [1.807, 2.05) is 25.1 Å². The first-order valence-corrected chi connectivity index (χ1v) is 7.12. The number of anilines is 2. The standard InChI is InChI=1S/C13H15N3O2S/c1-10-4-3-5-11(8-10)16(2)19(17,18)12-6-7-13(14)15-9-12/h3-9H,1-2H3,(H2,14,15). The minimum atomic E-state index is -3.61. The molecule has 0 aliphatic heterocycles. The Kier molecular flexibility index (Phi) is 3.44. The fourth-order valence-electron chi connectivity index (χ4n) is 1.67. The summed E-state index contributed by atoms with van der Waals surface area (Å²) in [5.41, 5.74) is 7.06. The average molecular weight is 277 g/mol. The Bertz CT molecular complexity index is 681. The SMILES string of the molecule is Cc1cccc(N(C)S(=O)(=O)c2ccc(N)nc2)c1. The first-order valence-electron chi connectivity index (χ1n) is 5.68. The molecule has 2 N–H and O–H groups in total. The number of nitrogens with zero attached hydrogens (tertiary/aromatic N) is 2. The highest BCUT2D eigenvalue weighted by molar-refractivity contribution is 7.92. The molecule has 2 aromatic rings. The second-order valence-electron chi connectivity index (χ2n) is 4.23. The minimum Gasteiger partial charge on any atom is -0.384 e. The predicted octanol–water partition coefficient (Wildman–Crippen LogP) is 1.80. The lowest BCUT2D eigenvalue weighted by atomic mass is 10.2. The third-order valence-electron chi connectivity index (χ3n) is 2.78. The number of hydrogen-bond donors (Lipinski definition) is 1. The van der Waals surface area contributed by atoms with Crippen LogP contribution in [0.15, 0.2) is 47.5 Å². The molecule has 19 heavy (non-hydrogen) atoms. The molecule has 0 radical (unpaired) electrons. The van der Waals surface area contributed by atoms with E-state index in [1.165, 1.54) is 29.7 Å². The smallest absolute Gasteiger partial charge is 0.265 e. The molecule has 0 amide bonds. The van der Waals surface area contributed by atoms with Crippen LogP contribution in [0.2, 0.25) is 0 Å². The van der Waals surface area contributed by atoms with Gasteiger partial charge in [0.05, 0.1) is 5.69 Å². The number of rotatable bonds is 3. The van der Waals surface area contributed by atoms with Gasteiger partial charge in [-0.25, -0.2) is 13.4 Å². The van der Waals surface area contributed by atoms with Crippen LogP contribution in [0.3, 0.4) is 0 Å². The zero-order chi connectivity index (χ0) is 14.0. The van der Waals surface area contributed by atoms with Gasteiger partial charge in [-0.1, -0.05) is 12.1 Å². The summed E-state index contributed by atoms with van der Waals surface area (Å²) < 4.78 is 26.0. The average Bonchev–Trinajstić information content (AvgIpc) is 2.38. The van der Waals surface area contributed by atoms with E-state index in [9.17, 15) is 8.42 Å². The second kappa shape index (κ2) is 4.89. The van der Waals surface area contributed by atoms with Crippen LogP contribution in [0.5, 0.6) is 0 Å². The molecule has 0 fully saturated rings. The highest BCUT2D eigenvalue weighted by atomic mass is 32.2. The normalized spacial score (nSPS) is 11.3. The molecule has 0 bridgehead atoms. The number of benzene rings is 1. The van der Waals surface area contributed by atoms with Gasteiger partial charge in [0.25, 0.3) is 10.0 Å². The zero-order valence-electron chi connectivity index (χ0n) is 10.7. The van der Waals surface area contributed by atoms with Gasteiger partial charge in [0.1, 0.15) is 10.7 Å². The number of hydrogen-bond acceptors (Lipinski definition) is 4. The van der Waals surface area contributed by atoms with Crippen LogP contribution in [0.1, 0.15) is 5.56 Å². The van der Waals surface area contributed by atoms with Crippen LogP contribution >= 0.6 is 0 Å². The summed E-state index contributed by atoms with van der Waals surface area (Å²) in [4.78, 5) is 3.93. The Hall–Kier alpha value is -2.08. The van der Waals surface area contributed by atoms with Crippen LogP contribution in [0.4, 0.5) is 11.5 Å². The Labute approximate surface area is 112 Å². The van der Waals surface area contributed by atoms with Gasteiger partial charge in [0.2, 0.25) is 0 Å². The first-order chi connectivity index (χ1) is 8.91. The Morgan fingerprint density at radius 2 is 1.95 bits per heavy atom. The molecular weight excluding hydrogens is 262 g/mol. The molecule has 2 rings (SSSR count). The van der Waals surface area contributed by atoms with Crippen molar-refractivity contribution in [1.29, 1.82) is 0 Å². The Balaban J connectivity index is 2.42. The summed E-state index contributed by atoms with van der Waals surface area (Å²) in [6.45, 7) is 1.91. The largest absolute Gasteiger partial charge is 0.384 e. The molecule has 1 aromatic heterocycles. The van der Waals surface area contributed by atoms with E-state index in [0.717, 1.165) is 5.56 Å². The molecule has 1 aromatic carbocycles. The van der Waals surface area contributed by atoms with Gasteiger partial charge in [0.15, 0.2) is 0 Å². The molecule has 0 saturated heterocycles. The molecule has 0 saturated carbocycles. The molecule has 0 spiro atoms. The van der Waals surface area contributed by atoms with E-state index in [4.69, 9.17) is 5.73 Å². The molecule has 100 valence electrons. The summed E-state index contributed by atoms with van der Waals surface area (Å²) in [6, 6.07) is 10.2. The van der Waals surface area contributed by atoms with Gasteiger partial charge >= 0.3 is 0 Å². The summed E-state index contributed by atoms with van der Waals surface area (Å²) in [5.74, 6) is 0.289. The number of nitrogen functional groups attached to an aromatic ring is 1. The van der Waals surface area contributed by atoms with E-state index in [1.54, 1.807) is 6.07 Å². The maximum Gasteiger partial charge on any atom is 0.265 e. The van der Waals surface area contributed by atoms with E-state index in [2.05, 4.69) is 4.98 Å². The number of aromatic nitrogens is 1. The van der Waals surface area contributed by atoms with Crippen LogP contribution in [-0.4, -0.2) is 20.4 Å². The van der Waals surface area contributed by atoms with Crippen LogP contribution in [0, 0.1) is 6.92 Å². The van der Waals surface area contributed by atoms with Gasteiger partial charge in [-0.2, -0.15) is 0 Å². The van der Waals surface area contributed by atoms with Crippen molar-refractivity contribution in [1.82, 2.24) is 4.98 Å². The first kappa shape index (κ1) is 13.4. The number of pyridine rings is 1. The molecule has 0 atom stereocenters. The van der Waals surface area contributed by atoms with Gasteiger partial charge in [-0.3, -0.25) is 4.31 Å². The fraction of sp³-hybridized carbons (Fsp3) is 0.154. The van der Waals surface area contributed by atoms with Crippen molar-refractivity contribution >= 4 is 21.5 Å². The maximum atomic E-state index is 12.4. The monoisotopic (exact) mass is 277 g/mol. The topological polar surface area (TPSA) is 76.3 Å². The van der Waals surface area contributed by atoms with Crippen LogP contribution in [0.25, 0.3) is 0 Å². The zero-order valence-corrected chi connectivity index (χ0v) is 11.6. The second-order valence-corrected chi connectivity index (χ2v) is 6.20. The minimum absolute atomic E-state index is 0.116. The summed E-state index contributed by atoms with van der Waals surface area (Å²) in [5, 5.41) is 0. The van der Waals surface area contributed by atoms with E-state index >= 15 is 0 Å². The van der Waals surface area contributed by atoms with Crippen molar-refractivity contribution in [3.05, 3.63) is 48.2 Å².